The normalized spacial score (nSPS) is 12.8. The van der Waals surface area contributed by atoms with E-state index in [1.54, 1.807) is 0 Å². The molecule has 7 N–H and O–H groups in total. The van der Waals surface area contributed by atoms with E-state index in [1.807, 2.05) is 0 Å². The first kappa shape index (κ1) is 35.8. The molecule has 0 saturated heterocycles. The van der Waals surface area contributed by atoms with Crippen LogP contribution in [0.4, 0.5) is 22.7 Å². The van der Waals surface area contributed by atoms with Crippen LogP contribution in [0.15, 0.2) is 126 Å². The van der Waals surface area contributed by atoms with Crippen LogP contribution < -0.4 is 0 Å². The lowest BCUT2D eigenvalue weighted by atomic mass is 10.0. The fourth-order valence-electron chi connectivity index (χ4n) is 5.20. The highest BCUT2D eigenvalue weighted by Gasteiger charge is 2.26. The van der Waals surface area contributed by atoms with Crippen molar-refractivity contribution in [2.24, 2.45) is 20.5 Å². The molecule has 0 aromatic heterocycles. The molecule has 0 amide bonds. The van der Waals surface area contributed by atoms with E-state index in [0.717, 1.165) is 18.2 Å². The number of hydrogen-bond acceptors (Lipinski definition) is 14. The molecule has 0 radical (unpaired) electrons. The Labute approximate surface area is 293 Å². The molecule has 0 unspecified atom stereocenters. The highest BCUT2D eigenvalue weighted by Crippen LogP contribution is 2.45. The SMILES string of the molecule is O=S(=O)(O)c1ccc2c(N=Nc3ccc(-c4ccc(N=Nc5c(S(=O)(=O)O)cc6cccc(S(=O)(=O)O)c6c5O)c(O)c4)cc3O)c(O)ccc2c1. The van der Waals surface area contributed by atoms with Crippen molar-refractivity contribution in [1.82, 2.24) is 0 Å². The van der Waals surface area contributed by atoms with E-state index in [9.17, 15) is 59.3 Å². The standard InChI is InChI=1S/C32H22N4O13S3/c37-24-11-6-18-12-20(50(41,42)43)7-8-21(18)30(24)35-33-22-9-4-16(13-25(22)38)17-5-10-23(26(39)14-17)34-36-31-28(52(47,48)49)15-19-2-1-3-27(51(44,45)46)29(19)32(31)40/h1-15,37-40H,(H,41,42,43)(H,44,45,46)(H,47,48,49). The van der Waals surface area contributed by atoms with E-state index in [1.165, 1.54) is 72.8 Å². The predicted octanol–water partition coefficient (Wildman–Crippen LogP) is 7.05. The van der Waals surface area contributed by atoms with Crippen molar-refractivity contribution in [3.63, 3.8) is 0 Å². The van der Waals surface area contributed by atoms with Crippen molar-refractivity contribution >= 4 is 74.6 Å². The van der Waals surface area contributed by atoms with Gasteiger partial charge in [0.1, 0.15) is 49.8 Å². The topological polar surface area (TPSA) is 293 Å². The van der Waals surface area contributed by atoms with Crippen molar-refractivity contribution in [1.29, 1.82) is 0 Å². The summed E-state index contributed by atoms with van der Waals surface area (Å²) >= 11 is 0. The van der Waals surface area contributed by atoms with Gasteiger partial charge >= 0.3 is 0 Å². The zero-order valence-corrected chi connectivity index (χ0v) is 28.2. The minimum Gasteiger partial charge on any atom is -0.506 e. The van der Waals surface area contributed by atoms with Crippen LogP contribution in [0.2, 0.25) is 0 Å². The van der Waals surface area contributed by atoms with Crippen LogP contribution in [0.3, 0.4) is 0 Å². The zero-order valence-electron chi connectivity index (χ0n) is 25.8. The lowest BCUT2D eigenvalue weighted by molar-refractivity contribution is 0.469. The van der Waals surface area contributed by atoms with E-state index < -0.39 is 62.7 Å². The van der Waals surface area contributed by atoms with Gasteiger partial charge < -0.3 is 20.4 Å². The molecule has 6 aromatic rings. The van der Waals surface area contributed by atoms with Crippen molar-refractivity contribution in [2.45, 2.75) is 14.7 Å². The number of hydrogen-bond donors (Lipinski definition) is 7. The molecule has 17 nitrogen and oxygen atoms in total. The lowest BCUT2D eigenvalue weighted by Crippen LogP contribution is -2.02. The fraction of sp³-hybridized carbons (Fsp3) is 0. The van der Waals surface area contributed by atoms with Gasteiger partial charge in [0.05, 0.1) is 4.90 Å². The van der Waals surface area contributed by atoms with Gasteiger partial charge in [-0.15, -0.1) is 20.5 Å². The van der Waals surface area contributed by atoms with Crippen LogP contribution in [0.25, 0.3) is 32.7 Å². The summed E-state index contributed by atoms with van der Waals surface area (Å²) in [7, 11) is -14.5. The molecule has 0 fully saturated rings. The maximum atomic E-state index is 12.1. The van der Waals surface area contributed by atoms with Crippen LogP contribution in [0, 0.1) is 0 Å². The molecular formula is C32H22N4O13S3. The van der Waals surface area contributed by atoms with Crippen LogP contribution in [0.5, 0.6) is 23.0 Å². The second kappa shape index (κ2) is 12.9. The minimum absolute atomic E-state index is 0.0358. The quantitative estimate of drug-likeness (QED) is 0.0604. The van der Waals surface area contributed by atoms with E-state index in [4.69, 9.17) is 0 Å². The Morgan fingerprint density at radius 2 is 1.04 bits per heavy atom. The molecule has 0 aliphatic carbocycles. The molecule has 0 heterocycles. The first-order valence-corrected chi connectivity index (χ1v) is 18.6. The Morgan fingerprint density at radius 1 is 0.462 bits per heavy atom. The van der Waals surface area contributed by atoms with Gasteiger partial charge in [-0.1, -0.05) is 36.4 Å². The van der Waals surface area contributed by atoms with Gasteiger partial charge in [-0.25, -0.2) is 0 Å². The summed E-state index contributed by atoms with van der Waals surface area (Å²) in [5.41, 5.74) is -0.533. The van der Waals surface area contributed by atoms with Gasteiger partial charge in [0.2, 0.25) is 0 Å². The minimum atomic E-state index is -5.07. The van der Waals surface area contributed by atoms with Crippen molar-refractivity contribution in [3.8, 4) is 34.1 Å². The van der Waals surface area contributed by atoms with E-state index >= 15 is 0 Å². The molecule has 0 bridgehead atoms. The van der Waals surface area contributed by atoms with Crippen LogP contribution in [-0.2, 0) is 30.4 Å². The summed E-state index contributed by atoms with van der Waals surface area (Å²) in [6.45, 7) is 0. The number of aromatic hydroxyl groups is 4. The van der Waals surface area contributed by atoms with Crippen LogP contribution >= 0.6 is 0 Å². The molecule has 0 aliphatic rings. The van der Waals surface area contributed by atoms with Crippen LogP contribution in [-0.4, -0.2) is 59.3 Å². The molecular weight excluding hydrogens is 745 g/mol. The Bertz CT molecular complexity index is 2880. The maximum absolute atomic E-state index is 12.1. The van der Waals surface area contributed by atoms with Gasteiger partial charge in [0.15, 0.2) is 5.75 Å². The van der Waals surface area contributed by atoms with E-state index in [2.05, 4.69) is 20.5 Å². The second-order valence-electron chi connectivity index (χ2n) is 11.0. The van der Waals surface area contributed by atoms with Gasteiger partial charge in [-0.2, -0.15) is 25.3 Å². The van der Waals surface area contributed by atoms with Crippen molar-refractivity contribution in [3.05, 3.63) is 91.0 Å². The third-order valence-corrected chi connectivity index (χ3v) is 10.2. The third kappa shape index (κ3) is 6.96. The van der Waals surface area contributed by atoms with Crippen molar-refractivity contribution in [2.75, 3.05) is 0 Å². The average Bonchev–Trinajstić information content (AvgIpc) is 3.06. The number of phenols is 4. The second-order valence-corrected chi connectivity index (χ2v) is 15.2. The Hall–Kier alpha value is -6.03. The number of nitrogens with zero attached hydrogens (tertiary/aromatic N) is 4. The largest absolute Gasteiger partial charge is 0.506 e. The third-order valence-electron chi connectivity index (χ3n) is 7.63. The number of azo groups is 2. The number of fused-ring (bicyclic) bond motifs is 2. The van der Waals surface area contributed by atoms with Gasteiger partial charge in [-0.05, 0) is 76.5 Å². The summed E-state index contributed by atoms with van der Waals surface area (Å²) in [6, 6.07) is 18.5. The van der Waals surface area contributed by atoms with E-state index in [-0.39, 0.29) is 38.8 Å². The summed E-state index contributed by atoms with van der Waals surface area (Å²) < 4.78 is 99.9. The molecule has 6 rings (SSSR count). The van der Waals surface area contributed by atoms with E-state index in [0.29, 0.717) is 21.9 Å². The van der Waals surface area contributed by atoms with Crippen molar-refractivity contribution < 1.29 is 59.3 Å². The van der Waals surface area contributed by atoms with Gasteiger partial charge in [-0.3, -0.25) is 13.7 Å². The molecule has 0 aliphatic heterocycles. The zero-order chi connectivity index (χ0) is 37.7. The number of rotatable bonds is 8. The fourth-order valence-corrected chi connectivity index (χ4v) is 7.10. The summed E-state index contributed by atoms with van der Waals surface area (Å²) in [4.78, 5) is -2.08. The Balaban J connectivity index is 1.31. The first-order chi connectivity index (χ1) is 24.3. The number of phenolic OH excluding ortho intramolecular Hbond substituents is 4. The Morgan fingerprint density at radius 3 is 1.58 bits per heavy atom. The van der Waals surface area contributed by atoms with Gasteiger partial charge in [0.25, 0.3) is 30.4 Å². The van der Waals surface area contributed by atoms with Gasteiger partial charge in [0, 0.05) is 10.8 Å². The Kier molecular flexibility index (Phi) is 8.90. The smallest absolute Gasteiger partial charge is 0.296 e. The molecule has 266 valence electrons. The monoisotopic (exact) mass is 766 g/mol. The summed E-state index contributed by atoms with van der Waals surface area (Å²) in [6.07, 6.45) is 0. The molecule has 0 saturated carbocycles. The highest BCUT2D eigenvalue weighted by atomic mass is 32.2. The lowest BCUT2D eigenvalue weighted by Gasteiger charge is -2.11. The molecule has 52 heavy (non-hydrogen) atoms. The number of benzene rings is 6. The first-order valence-electron chi connectivity index (χ1n) is 14.3. The molecule has 20 heteroatoms. The summed E-state index contributed by atoms with van der Waals surface area (Å²) in [5.74, 6) is -2.23. The highest BCUT2D eigenvalue weighted by molar-refractivity contribution is 7.86. The predicted molar refractivity (Wildman–Crippen MR) is 184 cm³/mol. The maximum Gasteiger partial charge on any atom is 0.296 e. The molecule has 0 atom stereocenters. The summed E-state index contributed by atoms with van der Waals surface area (Å²) in [5, 5.41) is 58.0. The molecule has 0 spiro atoms. The molecule has 6 aromatic carbocycles. The van der Waals surface area contributed by atoms with Crippen LogP contribution in [0.1, 0.15) is 0 Å². The average molecular weight is 767 g/mol.